The molecule has 1 aliphatic rings. The van der Waals surface area contributed by atoms with Crippen molar-refractivity contribution in [1.82, 2.24) is 0 Å². The van der Waals surface area contributed by atoms with Crippen LogP contribution >= 0.6 is 0 Å². The van der Waals surface area contributed by atoms with E-state index in [2.05, 4.69) is 0 Å². The molecule has 2 rings (SSSR count). The van der Waals surface area contributed by atoms with Crippen molar-refractivity contribution < 1.29 is 15.0 Å². The van der Waals surface area contributed by atoms with Crippen molar-refractivity contribution in [3.05, 3.63) is 35.9 Å². The summed E-state index contributed by atoms with van der Waals surface area (Å²) >= 11 is 0. The molecule has 0 saturated heterocycles. The Kier molecular flexibility index (Phi) is 2.97. The third-order valence-electron chi connectivity index (χ3n) is 3.45. The van der Waals surface area contributed by atoms with Crippen LogP contribution in [0.15, 0.2) is 30.3 Å². The van der Waals surface area contributed by atoms with Crippen LogP contribution in [0.2, 0.25) is 0 Å². The highest BCUT2D eigenvalue weighted by molar-refractivity contribution is 5.72. The molecule has 1 aromatic carbocycles. The summed E-state index contributed by atoms with van der Waals surface area (Å²) in [6.07, 6.45) is 2.86. The van der Waals surface area contributed by atoms with Crippen LogP contribution < -0.4 is 0 Å². The van der Waals surface area contributed by atoms with E-state index in [4.69, 9.17) is 0 Å². The molecule has 1 aromatic rings. The summed E-state index contributed by atoms with van der Waals surface area (Å²) in [4.78, 5) is 11.2. The smallest absolute Gasteiger partial charge is 0.309 e. The second-order valence-electron chi connectivity index (χ2n) is 4.43. The van der Waals surface area contributed by atoms with E-state index in [9.17, 15) is 15.0 Å². The van der Waals surface area contributed by atoms with E-state index in [0.29, 0.717) is 12.8 Å². The number of carboxylic acid groups (broad SMARTS) is 1. The van der Waals surface area contributed by atoms with Gasteiger partial charge in [-0.25, -0.2) is 0 Å². The maximum atomic E-state index is 11.2. The normalized spacial score (nSPS) is 29.9. The fourth-order valence-corrected chi connectivity index (χ4v) is 2.56. The van der Waals surface area contributed by atoms with Crippen LogP contribution in [0.25, 0.3) is 0 Å². The van der Waals surface area contributed by atoms with Gasteiger partial charge in [0.05, 0.1) is 5.92 Å². The summed E-state index contributed by atoms with van der Waals surface area (Å²) in [7, 11) is 0. The number of carbonyl (C=O) groups is 1. The van der Waals surface area contributed by atoms with Gasteiger partial charge in [0.15, 0.2) is 0 Å². The first-order valence-corrected chi connectivity index (χ1v) is 5.65. The molecule has 0 aromatic heterocycles. The Morgan fingerprint density at radius 1 is 1.25 bits per heavy atom. The van der Waals surface area contributed by atoms with Crippen LogP contribution in [0.5, 0.6) is 0 Å². The summed E-state index contributed by atoms with van der Waals surface area (Å²) < 4.78 is 0. The number of aliphatic hydroxyl groups is 1. The van der Waals surface area contributed by atoms with E-state index >= 15 is 0 Å². The minimum atomic E-state index is -1.19. The summed E-state index contributed by atoms with van der Waals surface area (Å²) in [5.41, 5.74) is -0.465. The standard InChI is InChI=1S/C13H16O3/c14-12(15)11-8-4-5-9-13(11,16)10-6-2-1-3-7-10/h1-3,6-7,11,16H,4-5,8-9H2,(H,14,15)/t11?,13-/m1/s1. The van der Waals surface area contributed by atoms with Crippen LogP contribution in [0.3, 0.4) is 0 Å². The molecule has 2 N–H and O–H groups in total. The Bertz CT molecular complexity index is 374. The first kappa shape index (κ1) is 11.1. The Balaban J connectivity index is 2.37. The van der Waals surface area contributed by atoms with E-state index in [1.165, 1.54) is 0 Å². The predicted molar refractivity (Wildman–Crippen MR) is 59.9 cm³/mol. The van der Waals surface area contributed by atoms with Crippen molar-refractivity contribution in [2.75, 3.05) is 0 Å². The minimum absolute atomic E-state index is 0.536. The molecule has 0 spiro atoms. The maximum Gasteiger partial charge on any atom is 0.309 e. The number of hydrogen-bond acceptors (Lipinski definition) is 2. The molecule has 16 heavy (non-hydrogen) atoms. The summed E-state index contributed by atoms with van der Waals surface area (Å²) in [6, 6.07) is 9.15. The third kappa shape index (κ3) is 1.83. The topological polar surface area (TPSA) is 57.5 Å². The van der Waals surface area contributed by atoms with E-state index < -0.39 is 17.5 Å². The lowest BCUT2D eigenvalue weighted by Gasteiger charge is -2.38. The lowest BCUT2D eigenvalue weighted by atomic mass is 9.71. The monoisotopic (exact) mass is 220 g/mol. The highest BCUT2D eigenvalue weighted by Gasteiger charge is 2.44. The molecule has 3 heteroatoms. The fourth-order valence-electron chi connectivity index (χ4n) is 2.56. The minimum Gasteiger partial charge on any atom is -0.481 e. The lowest BCUT2D eigenvalue weighted by Crippen LogP contribution is -2.42. The number of aliphatic carboxylic acids is 1. The molecule has 0 radical (unpaired) electrons. The van der Waals surface area contributed by atoms with Crippen molar-refractivity contribution >= 4 is 5.97 Å². The molecule has 0 amide bonds. The first-order chi connectivity index (χ1) is 7.64. The zero-order valence-electron chi connectivity index (χ0n) is 9.10. The van der Waals surface area contributed by atoms with E-state index in [0.717, 1.165) is 18.4 Å². The third-order valence-corrected chi connectivity index (χ3v) is 3.45. The summed E-state index contributed by atoms with van der Waals surface area (Å²) in [6.45, 7) is 0. The van der Waals surface area contributed by atoms with Crippen LogP contribution in [-0.2, 0) is 10.4 Å². The van der Waals surface area contributed by atoms with Gasteiger partial charge in [0.1, 0.15) is 5.60 Å². The fraction of sp³-hybridized carbons (Fsp3) is 0.462. The maximum absolute atomic E-state index is 11.2. The molecule has 3 nitrogen and oxygen atoms in total. The molecule has 86 valence electrons. The van der Waals surface area contributed by atoms with E-state index in [1.54, 1.807) is 12.1 Å². The van der Waals surface area contributed by atoms with Crippen molar-refractivity contribution in [2.24, 2.45) is 5.92 Å². The average Bonchev–Trinajstić information content (AvgIpc) is 2.30. The molecular formula is C13H16O3. The van der Waals surface area contributed by atoms with Gasteiger partial charge in [-0.1, -0.05) is 43.2 Å². The van der Waals surface area contributed by atoms with E-state index in [-0.39, 0.29) is 0 Å². The number of benzene rings is 1. The molecule has 1 fully saturated rings. The van der Waals surface area contributed by atoms with Gasteiger partial charge >= 0.3 is 5.97 Å². The molecular weight excluding hydrogens is 204 g/mol. The Morgan fingerprint density at radius 3 is 2.56 bits per heavy atom. The first-order valence-electron chi connectivity index (χ1n) is 5.65. The number of rotatable bonds is 2. The largest absolute Gasteiger partial charge is 0.481 e. The van der Waals surface area contributed by atoms with Crippen LogP contribution in [-0.4, -0.2) is 16.2 Å². The van der Waals surface area contributed by atoms with Crippen LogP contribution in [0.1, 0.15) is 31.2 Å². The molecule has 1 unspecified atom stereocenters. The van der Waals surface area contributed by atoms with Gasteiger partial charge in [-0.15, -0.1) is 0 Å². The average molecular weight is 220 g/mol. The second kappa shape index (κ2) is 4.26. The van der Waals surface area contributed by atoms with Gasteiger partial charge in [0.25, 0.3) is 0 Å². The zero-order chi connectivity index (χ0) is 11.6. The number of carboxylic acids is 1. The van der Waals surface area contributed by atoms with Crippen molar-refractivity contribution in [3.8, 4) is 0 Å². The van der Waals surface area contributed by atoms with Crippen molar-refractivity contribution in [1.29, 1.82) is 0 Å². The van der Waals surface area contributed by atoms with Crippen molar-refractivity contribution in [2.45, 2.75) is 31.3 Å². The summed E-state index contributed by atoms with van der Waals surface area (Å²) in [5, 5.41) is 19.8. The highest BCUT2D eigenvalue weighted by Crippen LogP contribution is 2.41. The molecule has 0 aliphatic heterocycles. The van der Waals surface area contributed by atoms with Gasteiger partial charge in [-0.2, -0.15) is 0 Å². The summed E-state index contributed by atoms with van der Waals surface area (Å²) in [5.74, 6) is -1.57. The Hall–Kier alpha value is -1.35. The quantitative estimate of drug-likeness (QED) is 0.802. The lowest BCUT2D eigenvalue weighted by molar-refractivity contribution is -0.157. The second-order valence-corrected chi connectivity index (χ2v) is 4.43. The molecule has 0 heterocycles. The van der Waals surface area contributed by atoms with Crippen molar-refractivity contribution in [3.63, 3.8) is 0 Å². The molecule has 2 atom stereocenters. The van der Waals surface area contributed by atoms with Crippen LogP contribution in [0.4, 0.5) is 0 Å². The molecule has 0 bridgehead atoms. The van der Waals surface area contributed by atoms with Gasteiger partial charge < -0.3 is 10.2 Å². The Morgan fingerprint density at radius 2 is 1.94 bits per heavy atom. The highest BCUT2D eigenvalue weighted by atomic mass is 16.4. The van der Waals surface area contributed by atoms with Gasteiger partial charge in [-0.3, -0.25) is 4.79 Å². The van der Waals surface area contributed by atoms with Gasteiger partial charge in [0, 0.05) is 0 Å². The van der Waals surface area contributed by atoms with Crippen LogP contribution in [0, 0.1) is 5.92 Å². The molecule has 1 aliphatic carbocycles. The van der Waals surface area contributed by atoms with E-state index in [1.807, 2.05) is 18.2 Å². The van der Waals surface area contributed by atoms with Gasteiger partial charge in [0.2, 0.25) is 0 Å². The Labute approximate surface area is 94.7 Å². The molecule has 1 saturated carbocycles. The predicted octanol–water partition coefficient (Wildman–Crippen LogP) is 2.15. The SMILES string of the molecule is O=C(O)C1CCCC[C@@]1(O)c1ccccc1. The zero-order valence-corrected chi connectivity index (χ0v) is 9.10. The van der Waals surface area contributed by atoms with Gasteiger partial charge in [-0.05, 0) is 18.4 Å². The number of hydrogen-bond donors (Lipinski definition) is 2.